The summed E-state index contributed by atoms with van der Waals surface area (Å²) in [6.07, 6.45) is 8.55. The van der Waals surface area contributed by atoms with E-state index in [0.29, 0.717) is 18.5 Å². The van der Waals surface area contributed by atoms with Crippen molar-refractivity contribution in [3.8, 4) is 17.0 Å². The third-order valence-electron chi connectivity index (χ3n) is 3.98. The van der Waals surface area contributed by atoms with Gasteiger partial charge in [-0.1, -0.05) is 0 Å². The van der Waals surface area contributed by atoms with Crippen LogP contribution in [0.2, 0.25) is 0 Å². The standard InChI is InChI=1S/C16H16N4O3S/c1-23-16-14(19-24(21,22)13-3-4-13)8-12(9-18-16)11-2-5-15-17-6-7-20(15)10-11/h2,5-10,13,19H,3-4H2,1H3. The monoisotopic (exact) mass is 344 g/mol. The van der Waals surface area contributed by atoms with Crippen molar-refractivity contribution in [1.29, 1.82) is 0 Å². The van der Waals surface area contributed by atoms with Gasteiger partial charge < -0.3 is 9.14 Å². The number of sulfonamides is 1. The first-order valence-corrected chi connectivity index (χ1v) is 9.10. The Kier molecular flexibility index (Phi) is 3.42. The molecule has 0 spiro atoms. The van der Waals surface area contributed by atoms with Gasteiger partial charge in [0.05, 0.1) is 12.4 Å². The Bertz CT molecular complexity index is 1010. The molecule has 0 atom stereocenters. The highest BCUT2D eigenvalue weighted by molar-refractivity contribution is 7.93. The average Bonchev–Trinajstić information content (AvgIpc) is 3.33. The number of hydrogen-bond donors (Lipinski definition) is 1. The molecule has 1 aliphatic rings. The molecule has 3 aromatic heterocycles. The van der Waals surface area contributed by atoms with E-state index in [9.17, 15) is 8.42 Å². The van der Waals surface area contributed by atoms with Crippen molar-refractivity contribution in [2.24, 2.45) is 0 Å². The minimum atomic E-state index is -3.38. The van der Waals surface area contributed by atoms with Crippen LogP contribution in [0.15, 0.2) is 43.0 Å². The van der Waals surface area contributed by atoms with Crippen LogP contribution in [0.3, 0.4) is 0 Å². The lowest BCUT2D eigenvalue weighted by Crippen LogP contribution is -2.18. The number of imidazole rings is 1. The number of nitrogens with zero attached hydrogens (tertiary/aromatic N) is 3. The second-order valence-electron chi connectivity index (χ2n) is 5.74. The zero-order valence-electron chi connectivity index (χ0n) is 13.0. The van der Waals surface area contributed by atoms with Crippen LogP contribution in [0.25, 0.3) is 16.8 Å². The van der Waals surface area contributed by atoms with Gasteiger partial charge in [0, 0.05) is 35.9 Å². The Balaban J connectivity index is 1.74. The molecular formula is C16H16N4O3S. The topological polar surface area (TPSA) is 85.6 Å². The van der Waals surface area contributed by atoms with Crippen molar-refractivity contribution < 1.29 is 13.2 Å². The van der Waals surface area contributed by atoms with Crippen LogP contribution in [-0.4, -0.2) is 35.1 Å². The Labute approximate surface area is 139 Å². The summed E-state index contributed by atoms with van der Waals surface area (Å²) in [5, 5.41) is -0.312. The maximum atomic E-state index is 12.2. The molecule has 24 heavy (non-hydrogen) atoms. The fraction of sp³-hybridized carbons (Fsp3) is 0.250. The molecule has 3 aromatic rings. The molecule has 1 aliphatic carbocycles. The van der Waals surface area contributed by atoms with Gasteiger partial charge in [0.1, 0.15) is 11.3 Å². The fourth-order valence-electron chi connectivity index (χ4n) is 2.55. The second-order valence-corrected chi connectivity index (χ2v) is 7.70. The first-order chi connectivity index (χ1) is 11.6. The third-order valence-corrected chi connectivity index (χ3v) is 5.84. The van der Waals surface area contributed by atoms with Gasteiger partial charge in [0.2, 0.25) is 15.9 Å². The maximum absolute atomic E-state index is 12.2. The van der Waals surface area contributed by atoms with Crippen LogP contribution in [0.4, 0.5) is 5.69 Å². The van der Waals surface area contributed by atoms with Crippen LogP contribution in [0, 0.1) is 0 Å². The van der Waals surface area contributed by atoms with E-state index in [1.165, 1.54) is 7.11 Å². The van der Waals surface area contributed by atoms with E-state index < -0.39 is 10.0 Å². The molecule has 0 aliphatic heterocycles. The Hall–Kier alpha value is -2.61. The number of hydrogen-bond acceptors (Lipinski definition) is 5. The van der Waals surface area contributed by atoms with Crippen molar-refractivity contribution in [3.63, 3.8) is 0 Å². The predicted molar refractivity (Wildman–Crippen MR) is 90.5 cm³/mol. The Morgan fingerprint density at radius 1 is 1.25 bits per heavy atom. The maximum Gasteiger partial charge on any atom is 0.238 e. The molecule has 0 saturated heterocycles. The second kappa shape index (κ2) is 5.48. The number of pyridine rings is 2. The molecule has 0 unspecified atom stereocenters. The lowest BCUT2D eigenvalue weighted by Gasteiger charge is -2.12. The van der Waals surface area contributed by atoms with Gasteiger partial charge in [-0.15, -0.1) is 0 Å². The van der Waals surface area contributed by atoms with Gasteiger partial charge in [-0.3, -0.25) is 4.72 Å². The zero-order chi connectivity index (χ0) is 16.7. The van der Waals surface area contributed by atoms with Gasteiger partial charge in [-0.05, 0) is 31.0 Å². The molecule has 124 valence electrons. The highest BCUT2D eigenvalue weighted by Crippen LogP contribution is 2.33. The summed E-state index contributed by atoms with van der Waals surface area (Å²) >= 11 is 0. The summed E-state index contributed by atoms with van der Waals surface area (Å²) < 4.78 is 34.1. The number of nitrogens with one attached hydrogen (secondary N) is 1. The molecule has 0 amide bonds. The summed E-state index contributed by atoms with van der Waals surface area (Å²) in [5.74, 6) is 0.256. The van der Waals surface area contributed by atoms with Crippen molar-refractivity contribution in [2.45, 2.75) is 18.1 Å². The van der Waals surface area contributed by atoms with Crippen molar-refractivity contribution in [1.82, 2.24) is 14.4 Å². The van der Waals surface area contributed by atoms with E-state index in [0.717, 1.165) is 16.8 Å². The Morgan fingerprint density at radius 3 is 2.83 bits per heavy atom. The number of aromatic nitrogens is 3. The summed E-state index contributed by atoms with van der Waals surface area (Å²) in [6, 6.07) is 5.56. The molecule has 7 nitrogen and oxygen atoms in total. The van der Waals surface area contributed by atoms with E-state index in [1.807, 2.05) is 28.9 Å². The zero-order valence-corrected chi connectivity index (χ0v) is 13.8. The van der Waals surface area contributed by atoms with Crippen LogP contribution < -0.4 is 9.46 Å². The van der Waals surface area contributed by atoms with E-state index in [1.54, 1.807) is 18.5 Å². The van der Waals surface area contributed by atoms with Crippen molar-refractivity contribution in [2.75, 3.05) is 11.8 Å². The number of methoxy groups -OCH3 is 1. The lowest BCUT2D eigenvalue weighted by molar-refractivity contribution is 0.400. The minimum Gasteiger partial charge on any atom is -0.480 e. The van der Waals surface area contributed by atoms with Gasteiger partial charge >= 0.3 is 0 Å². The molecule has 3 heterocycles. The smallest absolute Gasteiger partial charge is 0.238 e. The van der Waals surface area contributed by atoms with Gasteiger partial charge in [0.25, 0.3) is 0 Å². The lowest BCUT2D eigenvalue weighted by atomic mass is 10.1. The third kappa shape index (κ3) is 2.69. The number of fused-ring (bicyclic) bond motifs is 1. The first kappa shape index (κ1) is 14.9. The average molecular weight is 344 g/mol. The molecule has 1 saturated carbocycles. The number of rotatable bonds is 5. The van der Waals surface area contributed by atoms with Crippen LogP contribution >= 0.6 is 0 Å². The van der Waals surface area contributed by atoms with E-state index in [-0.39, 0.29) is 11.1 Å². The van der Waals surface area contributed by atoms with E-state index in [4.69, 9.17) is 4.74 Å². The SMILES string of the molecule is COc1ncc(-c2ccc3nccn3c2)cc1NS(=O)(=O)C1CC1. The van der Waals surface area contributed by atoms with Crippen LogP contribution in [0.5, 0.6) is 5.88 Å². The summed E-state index contributed by atoms with van der Waals surface area (Å²) in [4.78, 5) is 8.44. The first-order valence-electron chi connectivity index (χ1n) is 7.55. The quantitative estimate of drug-likeness (QED) is 0.768. The van der Waals surface area contributed by atoms with Gasteiger partial charge in [0.15, 0.2) is 0 Å². The van der Waals surface area contributed by atoms with Gasteiger partial charge in [-0.25, -0.2) is 18.4 Å². The summed E-state index contributed by atoms with van der Waals surface area (Å²) in [5.41, 5.74) is 2.89. The molecule has 8 heteroatoms. The van der Waals surface area contributed by atoms with E-state index in [2.05, 4.69) is 14.7 Å². The van der Waals surface area contributed by atoms with E-state index >= 15 is 0 Å². The van der Waals surface area contributed by atoms with Crippen molar-refractivity contribution in [3.05, 3.63) is 43.0 Å². The highest BCUT2D eigenvalue weighted by atomic mass is 32.2. The fourth-order valence-corrected chi connectivity index (χ4v) is 3.93. The molecular weight excluding hydrogens is 328 g/mol. The predicted octanol–water partition coefficient (Wildman–Crippen LogP) is 2.31. The van der Waals surface area contributed by atoms with Crippen LogP contribution in [0.1, 0.15) is 12.8 Å². The summed E-state index contributed by atoms with van der Waals surface area (Å²) in [7, 11) is -1.92. The highest BCUT2D eigenvalue weighted by Gasteiger charge is 2.36. The molecule has 0 radical (unpaired) electrons. The van der Waals surface area contributed by atoms with Gasteiger partial charge in [-0.2, -0.15) is 0 Å². The number of ether oxygens (including phenoxy) is 1. The molecule has 1 fully saturated rings. The largest absolute Gasteiger partial charge is 0.480 e. The Morgan fingerprint density at radius 2 is 2.08 bits per heavy atom. The molecule has 1 N–H and O–H groups in total. The minimum absolute atomic E-state index is 0.256. The normalized spacial score (nSPS) is 14.7. The summed E-state index contributed by atoms with van der Waals surface area (Å²) in [6.45, 7) is 0. The van der Waals surface area contributed by atoms with Crippen molar-refractivity contribution >= 4 is 21.4 Å². The van der Waals surface area contributed by atoms with Crippen LogP contribution in [-0.2, 0) is 10.0 Å². The molecule has 0 bridgehead atoms. The number of anilines is 1. The molecule has 0 aromatic carbocycles. The molecule has 4 rings (SSSR count).